The highest BCUT2D eigenvalue weighted by molar-refractivity contribution is 7.92. The molecule has 0 spiro atoms. The summed E-state index contributed by atoms with van der Waals surface area (Å²) in [5, 5.41) is 6.11. The zero-order valence-electron chi connectivity index (χ0n) is 10.1. The molecule has 0 amide bonds. The third-order valence-electron chi connectivity index (χ3n) is 2.65. The number of nitrogens with one attached hydrogen (secondary N) is 1. The average Bonchev–Trinajstić information content (AvgIpc) is 2.92. The van der Waals surface area contributed by atoms with Crippen molar-refractivity contribution in [1.29, 1.82) is 0 Å². The van der Waals surface area contributed by atoms with Crippen LogP contribution in [-0.2, 0) is 10.0 Å². The molecular weight excluding hydrogens is 284 g/mol. The van der Waals surface area contributed by atoms with Gasteiger partial charge in [-0.3, -0.25) is 9.40 Å². The first-order chi connectivity index (χ1) is 8.93. The molecule has 6 nitrogen and oxygen atoms in total. The van der Waals surface area contributed by atoms with Crippen LogP contribution in [0, 0.1) is 0 Å². The first kappa shape index (κ1) is 13.5. The van der Waals surface area contributed by atoms with Gasteiger partial charge in [-0.1, -0.05) is 12.2 Å². The van der Waals surface area contributed by atoms with Gasteiger partial charge >= 0.3 is 0 Å². The van der Waals surface area contributed by atoms with Crippen LogP contribution in [0.2, 0.25) is 0 Å². The topological polar surface area (TPSA) is 92.1 Å². The monoisotopic (exact) mass is 296 g/mol. The summed E-state index contributed by atoms with van der Waals surface area (Å²) >= 11 is 4.84. The van der Waals surface area contributed by atoms with Gasteiger partial charge < -0.3 is 5.73 Å². The molecule has 0 aliphatic carbocycles. The first-order valence-corrected chi connectivity index (χ1v) is 7.15. The van der Waals surface area contributed by atoms with Gasteiger partial charge in [0, 0.05) is 18.8 Å². The van der Waals surface area contributed by atoms with Gasteiger partial charge in [-0.2, -0.15) is 5.10 Å². The molecule has 0 radical (unpaired) electrons. The van der Waals surface area contributed by atoms with Gasteiger partial charge in [-0.15, -0.1) is 0 Å². The quantitative estimate of drug-likeness (QED) is 0.817. The number of aromatic nitrogens is 2. The largest absolute Gasteiger partial charge is 0.389 e. The Balaban J connectivity index is 2.34. The standard InChI is InChI=1S/C11H12N4O2S2/c1-15(19(16,17)10-6-13-14-7-10)9-4-2-8(3-5-9)11(12)18/h2-7H,1H3,(H2,12,18)(H,13,14). The summed E-state index contributed by atoms with van der Waals surface area (Å²) in [6.45, 7) is 0. The average molecular weight is 296 g/mol. The van der Waals surface area contributed by atoms with Crippen LogP contribution < -0.4 is 10.0 Å². The molecule has 0 aliphatic heterocycles. The van der Waals surface area contributed by atoms with Crippen LogP contribution in [0.25, 0.3) is 0 Å². The molecule has 0 atom stereocenters. The Morgan fingerprint density at radius 1 is 1.37 bits per heavy atom. The molecule has 19 heavy (non-hydrogen) atoms. The fourth-order valence-electron chi connectivity index (χ4n) is 1.51. The predicted molar refractivity (Wildman–Crippen MR) is 76.5 cm³/mol. The number of rotatable bonds is 4. The zero-order chi connectivity index (χ0) is 14.0. The van der Waals surface area contributed by atoms with Gasteiger partial charge in [0.05, 0.1) is 11.9 Å². The summed E-state index contributed by atoms with van der Waals surface area (Å²) < 4.78 is 25.6. The van der Waals surface area contributed by atoms with Gasteiger partial charge in [0.25, 0.3) is 10.0 Å². The van der Waals surface area contributed by atoms with Crippen LogP contribution in [0.4, 0.5) is 5.69 Å². The van der Waals surface area contributed by atoms with Crippen LogP contribution in [0.5, 0.6) is 0 Å². The molecule has 2 rings (SSSR count). The van der Waals surface area contributed by atoms with E-state index in [1.165, 1.54) is 23.7 Å². The van der Waals surface area contributed by atoms with E-state index in [-0.39, 0.29) is 9.88 Å². The number of nitrogens with two attached hydrogens (primary N) is 1. The van der Waals surface area contributed by atoms with Gasteiger partial charge in [0.15, 0.2) is 0 Å². The smallest absolute Gasteiger partial charge is 0.267 e. The molecule has 0 bridgehead atoms. The molecule has 0 unspecified atom stereocenters. The van der Waals surface area contributed by atoms with E-state index >= 15 is 0 Å². The van der Waals surface area contributed by atoms with Crippen molar-refractivity contribution in [3.8, 4) is 0 Å². The van der Waals surface area contributed by atoms with Crippen LogP contribution >= 0.6 is 12.2 Å². The maximum atomic E-state index is 12.2. The summed E-state index contributed by atoms with van der Waals surface area (Å²) in [7, 11) is -2.14. The number of H-pyrrole nitrogens is 1. The number of nitrogens with zero attached hydrogens (tertiary/aromatic N) is 2. The number of benzene rings is 1. The van der Waals surface area contributed by atoms with Crippen LogP contribution in [0.1, 0.15) is 5.56 Å². The van der Waals surface area contributed by atoms with Crippen LogP contribution in [-0.4, -0.2) is 30.7 Å². The predicted octanol–water partition coefficient (Wildman–Crippen LogP) is 0.869. The maximum Gasteiger partial charge on any atom is 0.267 e. The fourth-order valence-corrected chi connectivity index (χ4v) is 2.75. The molecule has 2 aromatic rings. The number of aromatic amines is 1. The first-order valence-electron chi connectivity index (χ1n) is 5.30. The molecule has 8 heteroatoms. The Kier molecular flexibility index (Phi) is 3.54. The summed E-state index contributed by atoms with van der Waals surface area (Å²) in [6.07, 6.45) is 2.59. The molecule has 0 fully saturated rings. The highest BCUT2D eigenvalue weighted by Crippen LogP contribution is 2.21. The van der Waals surface area contributed by atoms with E-state index in [1.54, 1.807) is 24.3 Å². The van der Waals surface area contributed by atoms with Crippen molar-refractivity contribution >= 4 is 32.9 Å². The lowest BCUT2D eigenvalue weighted by molar-refractivity contribution is 0.594. The SMILES string of the molecule is CN(c1ccc(C(N)=S)cc1)S(=O)(=O)c1cn[nH]c1. The van der Waals surface area contributed by atoms with E-state index in [0.717, 1.165) is 0 Å². The Hall–Kier alpha value is -1.93. The number of hydrogen-bond acceptors (Lipinski definition) is 4. The molecule has 100 valence electrons. The lowest BCUT2D eigenvalue weighted by Crippen LogP contribution is -2.26. The lowest BCUT2D eigenvalue weighted by Gasteiger charge is -2.18. The second-order valence-electron chi connectivity index (χ2n) is 3.82. The Labute approximate surface area is 116 Å². The van der Waals surface area contributed by atoms with Crippen LogP contribution in [0.15, 0.2) is 41.6 Å². The van der Waals surface area contributed by atoms with E-state index in [9.17, 15) is 8.42 Å². The molecular formula is C11H12N4O2S2. The second-order valence-corrected chi connectivity index (χ2v) is 6.23. The third-order valence-corrected chi connectivity index (χ3v) is 4.63. The second kappa shape index (κ2) is 4.98. The molecule has 1 aromatic heterocycles. The van der Waals surface area contributed by atoms with E-state index in [4.69, 9.17) is 18.0 Å². The molecule has 1 aromatic carbocycles. The Morgan fingerprint density at radius 3 is 2.47 bits per heavy atom. The van der Waals surface area contributed by atoms with Crippen molar-refractivity contribution in [2.75, 3.05) is 11.4 Å². The van der Waals surface area contributed by atoms with Gasteiger partial charge in [-0.25, -0.2) is 8.42 Å². The number of sulfonamides is 1. The summed E-state index contributed by atoms with van der Waals surface area (Å²) in [5.41, 5.74) is 6.69. The normalized spacial score (nSPS) is 11.2. The van der Waals surface area contributed by atoms with Crippen molar-refractivity contribution < 1.29 is 8.42 Å². The van der Waals surface area contributed by atoms with Crippen LogP contribution in [0.3, 0.4) is 0 Å². The van der Waals surface area contributed by atoms with Gasteiger partial charge in [0.2, 0.25) is 0 Å². The Morgan fingerprint density at radius 2 is 2.00 bits per heavy atom. The summed E-state index contributed by atoms with van der Waals surface area (Å²) in [5.74, 6) is 0. The molecule has 1 heterocycles. The maximum absolute atomic E-state index is 12.2. The van der Waals surface area contributed by atoms with Crippen molar-refractivity contribution in [3.63, 3.8) is 0 Å². The highest BCUT2D eigenvalue weighted by Gasteiger charge is 2.22. The Bertz CT molecular complexity index is 678. The molecule has 0 aliphatic rings. The number of anilines is 1. The minimum absolute atomic E-state index is 0.105. The fraction of sp³-hybridized carbons (Fsp3) is 0.0909. The highest BCUT2D eigenvalue weighted by atomic mass is 32.2. The van der Waals surface area contributed by atoms with Crippen molar-refractivity contribution in [2.24, 2.45) is 5.73 Å². The summed E-state index contributed by atoms with van der Waals surface area (Å²) in [6, 6.07) is 6.65. The molecule has 0 saturated carbocycles. The molecule has 3 N–H and O–H groups in total. The lowest BCUT2D eigenvalue weighted by atomic mass is 10.2. The zero-order valence-corrected chi connectivity index (χ0v) is 11.7. The minimum Gasteiger partial charge on any atom is -0.389 e. The van der Waals surface area contributed by atoms with E-state index in [1.807, 2.05) is 0 Å². The number of hydrogen-bond donors (Lipinski definition) is 2. The number of thiocarbonyl (C=S) groups is 1. The molecule has 0 saturated heterocycles. The van der Waals surface area contributed by atoms with E-state index in [2.05, 4.69) is 10.2 Å². The van der Waals surface area contributed by atoms with Crippen molar-refractivity contribution in [2.45, 2.75) is 4.90 Å². The minimum atomic E-state index is -3.61. The summed E-state index contributed by atoms with van der Waals surface area (Å²) in [4.78, 5) is 0.375. The third kappa shape index (κ3) is 2.59. The van der Waals surface area contributed by atoms with Crippen molar-refractivity contribution in [3.05, 3.63) is 42.2 Å². The van der Waals surface area contributed by atoms with Crippen molar-refractivity contribution in [1.82, 2.24) is 10.2 Å². The van der Waals surface area contributed by atoms with E-state index in [0.29, 0.717) is 11.3 Å². The van der Waals surface area contributed by atoms with Gasteiger partial charge in [-0.05, 0) is 24.3 Å². The van der Waals surface area contributed by atoms with Gasteiger partial charge in [0.1, 0.15) is 9.88 Å². The van der Waals surface area contributed by atoms with E-state index < -0.39 is 10.0 Å².